The molecule has 271 valence electrons. The van der Waals surface area contributed by atoms with Crippen LogP contribution >= 0.6 is 0 Å². The van der Waals surface area contributed by atoms with Gasteiger partial charge < -0.3 is 4.98 Å². The number of nitrogens with zero attached hydrogens (tertiary/aromatic N) is 2. The van der Waals surface area contributed by atoms with Gasteiger partial charge >= 0.3 is 167 Å². The molecule has 1 radical (unpaired) electrons. The summed E-state index contributed by atoms with van der Waals surface area (Å²) in [4.78, 5) is 9.11. The largest absolute Gasteiger partial charge is 0 e. The number of hydrogen-bond donors (Lipinski definition) is 0. The summed E-state index contributed by atoms with van der Waals surface area (Å²) >= 11 is -1.90. The van der Waals surface area contributed by atoms with Crippen molar-refractivity contribution in [2.45, 2.75) is 56.8 Å². The number of hydrogen-bond acceptors (Lipinski definition) is 3. The maximum atomic E-state index is 8.38. The van der Waals surface area contributed by atoms with Crippen molar-refractivity contribution in [3.63, 3.8) is 0 Å². The van der Waals surface area contributed by atoms with E-state index in [0.717, 1.165) is 55.4 Å². The third-order valence-corrected chi connectivity index (χ3v) is 14.6. The summed E-state index contributed by atoms with van der Waals surface area (Å²) in [6.45, 7) is 8.18. The number of pyridine rings is 2. The zero-order chi connectivity index (χ0) is 37.8. The topological polar surface area (TPSA) is 38.9 Å². The maximum Gasteiger partial charge on any atom is 0 e. The Bertz CT molecular complexity index is 2850. The molecule has 6 aromatic carbocycles. The van der Waals surface area contributed by atoms with Crippen LogP contribution in [0.3, 0.4) is 0 Å². The quantitative estimate of drug-likeness (QED) is 0.0980. The van der Waals surface area contributed by atoms with Gasteiger partial charge in [-0.3, -0.25) is 0 Å². The van der Waals surface area contributed by atoms with Crippen LogP contribution in [0.4, 0.5) is 0 Å². The van der Waals surface area contributed by atoms with Crippen LogP contribution in [0.1, 0.15) is 52.0 Å². The van der Waals surface area contributed by atoms with E-state index < -0.39 is 19.2 Å². The standard InChI is InChI=1S/C27H26GeNO.C22H18N.Ir/c1-17(2)18-13-14-29-25(16-18)24-8-6-7-22-23-11-9-19-15-20(28(3,4)5)10-12-21(19)26(23)30-27(22)24;1-15(2)17-11-12-23-22(14-17)19-9-10-21-18(13-19)8-7-16-5-3-4-6-20(16)21;/h6-7,9-17H,1-5H3;3-8,10-15H,1-2H3;/q2*-1;/i17D;;. The van der Waals surface area contributed by atoms with E-state index in [1.807, 2.05) is 38.2 Å². The molecule has 0 saturated carbocycles. The summed E-state index contributed by atoms with van der Waals surface area (Å²) in [7, 11) is 0. The molecule has 3 heterocycles. The molecule has 0 unspecified atom stereocenters. The molecule has 0 amide bonds. The molecular weight excluding hydrogens is 897 g/mol. The molecule has 5 heteroatoms. The Labute approximate surface area is 336 Å². The smallest absolute Gasteiger partial charge is 0 e. The fourth-order valence-electron chi connectivity index (χ4n) is 7.11. The van der Waals surface area contributed by atoms with Crippen LogP contribution in [0.15, 0.2) is 132 Å². The van der Waals surface area contributed by atoms with Gasteiger partial charge in [0.05, 0.1) is 0 Å². The maximum absolute atomic E-state index is 8.38. The Morgan fingerprint density at radius 3 is 2.06 bits per heavy atom. The minimum atomic E-state index is -1.90. The van der Waals surface area contributed by atoms with Gasteiger partial charge in [-0.25, -0.2) is 0 Å². The summed E-state index contributed by atoms with van der Waals surface area (Å²) in [6.07, 6.45) is 3.66. The van der Waals surface area contributed by atoms with E-state index in [2.05, 4.69) is 150 Å². The third-order valence-electron chi connectivity index (χ3n) is 10.3. The van der Waals surface area contributed by atoms with Crippen LogP contribution < -0.4 is 4.40 Å². The second-order valence-corrected chi connectivity index (χ2v) is 26.2. The van der Waals surface area contributed by atoms with Gasteiger partial charge in [0.1, 0.15) is 0 Å². The van der Waals surface area contributed by atoms with E-state index in [1.54, 1.807) is 6.20 Å². The van der Waals surface area contributed by atoms with Crippen molar-refractivity contribution in [2.24, 2.45) is 0 Å². The summed E-state index contributed by atoms with van der Waals surface area (Å²) < 4.78 is 16.4. The number of aromatic nitrogens is 2. The molecule has 0 N–H and O–H groups in total. The van der Waals surface area contributed by atoms with Gasteiger partial charge in [0.25, 0.3) is 0 Å². The Balaban J connectivity index is 0.000000173. The second-order valence-electron chi connectivity index (χ2n) is 15.5. The molecule has 3 nitrogen and oxygen atoms in total. The molecule has 54 heavy (non-hydrogen) atoms. The first-order valence-electron chi connectivity index (χ1n) is 18.9. The Morgan fingerprint density at radius 2 is 1.28 bits per heavy atom. The normalized spacial score (nSPS) is 12.3. The van der Waals surface area contributed by atoms with Crippen LogP contribution in [-0.2, 0) is 20.1 Å². The SMILES string of the molecule is CC(C)c1ccnc(-c2[c-]cc3c(ccc4ccccc43)c2)c1.[2H]C(C)(C)c1ccnc(-c2[c-]ccc3c2oc2c4cc[c]([Ge]([CH3])([CH3])[CH3])cc4ccc32)c1.[Ir]. The van der Waals surface area contributed by atoms with Gasteiger partial charge in [0.15, 0.2) is 0 Å². The fraction of sp³-hybridized carbons (Fsp3) is 0.184. The van der Waals surface area contributed by atoms with Gasteiger partial charge in [0, 0.05) is 27.7 Å². The van der Waals surface area contributed by atoms with E-state index in [0.29, 0.717) is 5.92 Å². The van der Waals surface area contributed by atoms with Gasteiger partial charge in [-0.2, -0.15) is 0 Å². The predicted octanol–water partition coefficient (Wildman–Crippen LogP) is 13.2. The summed E-state index contributed by atoms with van der Waals surface area (Å²) in [5.41, 5.74) is 7.62. The Hall–Kier alpha value is -4.61. The van der Waals surface area contributed by atoms with Gasteiger partial charge in [0.2, 0.25) is 0 Å². The molecule has 3 aromatic heterocycles. The van der Waals surface area contributed by atoms with Crippen molar-refractivity contribution in [2.75, 3.05) is 0 Å². The number of fused-ring (bicyclic) bond motifs is 8. The minimum Gasteiger partial charge on any atom is 0 e. The molecule has 0 saturated heterocycles. The van der Waals surface area contributed by atoms with Crippen LogP contribution in [0.2, 0.25) is 17.3 Å². The van der Waals surface area contributed by atoms with Crippen LogP contribution in [0, 0.1) is 12.1 Å². The van der Waals surface area contributed by atoms with E-state index in [4.69, 9.17) is 5.79 Å². The molecule has 0 atom stereocenters. The monoisotopic (exact) mass is 944 g/mol. The van der Waals surface area contributed by atoms with E-state index in [-0.39, 0.29) is 20.1 Å². The van der Waals surface area contributed by atoms with Crippen LogP contribution in [-0.4, -0.2) is 23.2 Å². The number of furan rings is 1. The first-order valence-corrected chi connectivity index (χ1v) is 25.8. The summed E-state index contributed by atoms with van der Waals surface area (Å²) in [6, 6.07) is 47.2. The first-order chi connectivity index (χ1) is 25.8. The molecule has 0 aliphatic carbocycles. The average molecular weight is 943 g/mol. The second kappa shape index (κ2) is 15.3. The summed E-state index contributed by atoms with van der Waals surface area (Å²) in [5, 5.41) is 9.56. The minimum absolute atomic E-state index is 0. The molecule has 0 aliphatic heterocycles. The van der Waals surface area contributed by atoms with E-state index in [1.165, 1.54) is 36.9 Å². The van der Waals surface area contributed by atoms with Crippen LogP contribution in [0.5, 0.6) is 0 Å². The zero-order valence-corrected chi connectivity index (χ0v) is 36.3. The van der Waals surface area contributed by atoms with Gasteiger partial charge in [-0.15, -0.1) is 29.1 Å². The number of rotatable bonds is 5. The van der Waals surface area contributed by atoms with E-state index in [9.17, 15) is 0 Å². The first kappa shape index (κ1) is 36.4. The van der Waals surface area contributed by atoms with Crippen molar-refractivity contribution >= 4 is 71.9 Å². The fourth-order valence-corrected chi connectivity index (χ4v) is 9.57. The third kappa shape index (κ3) is 7.28. The summed E-state index contributed by atoms with van der Waals surface area (Å²) in [5.74, 6) is 7.07. The number of benzene rings is 6. The van der Waals surface area contributed by atoms with E-state index >= 15 is 0 Å². The Morgan fingerprint density at radius 1 is 0.611 bits per heavy atom. The molecule has 0 spiro atoms. The molecular formula is C49H44GeIrN2O-2. The van der Waals surface area contributed by atoms with Gasteiger partial charge in [-0.05, 0) is 23.1 Å². The molecule has 9 aromatic rings. The van der Waals surface area contributed by atoms with Crippen LogP contribution in [0.25, 0.3) is 76.8 Å². The molecule has 0 bridgehead atoms. The van der Waals surface area contributed by atoms with Gasteiger partial charge in [-0.1, -0.05) is 86.5 Å². The van der Waals surface area contributed by atoms with Crippen molar-refractivity contribution in [3.05, 3.63) is 151 Å². The van der Waals surface area contributed by atoms with Crippen molar-refractivity contribution < 1.29 is 25.9 Å². The Kier molecular flexibility index (Phi) is 10.3. The molecule has 0 fully saturated rings. The van der Waals surface area contributed by atoms with Crippen molar-refractivity contribution in [1.29, 1.82) is 0 Å². The van der Waals surface area contributed by atoms with Crippen molar-refractivity contribution in [3.8, 4) is 22.5 Å². The zero-order valence-electron chi connectivity index (χ0n) is 32.8. The van der Waals surface area contributed by atoms with Crippen molar-refractivity contribution in [1.82, 2.24) is 9.97 Å². The predicted molar refractivity (Wildman–Crippen MR) is 228 cm³/mol. The molecule has 9 rings (SSSR count). The average Bonchev–Trinajstić information content (AvgIpc) is 3.56. The molecule has 0 aliphatic rings.